The van der Waals surface area contributed by atoms with E-state index in [1.54, 1.807) is 6.20 Å². The van der Waals surface area contributed by atoms with Gasteiger partial charge in [-0.05, 0) is 56.5 Å². The summed E-state index contributed by atoms with van der Waals surface area (Å²) in [6, 6.07) is 7.93. The Morgan fingerprint density at radius 1 is 1.05 bits per heavy atom. The molecule has 0 aliphatic rings. The van der Waals surface area contributed by atoms with Gasteiger partial charge in [0.2, 0.25) is 0 Å². The molecule has 100 valence electrons. The molecule has 1 unspecified atom stereocenters. The lowest BCUT2D eigenvalue weighted by molar-refractivity contribution is 0.471. The molecule has 0 bridgehead atoms. The highest BCUT2D eigenvalue weighted by molar-refractivity contribution is 5.46. The Hall–Kier alpha value is -1.87. The normalized spacial score (nSPS) is 12.3. The number of hydrogen-bond acceptors (Lipinski definition) is 3. The average Bonchev–Trinajstić information content (AvgIpc) is 2.40. The first-order chi connectivity index (χ1) is 8.99. The molecule has 0 saturated carbocycles. The maximum atomic E-state index is 5.95. The van der Waals surface area contributed by atoms with Gasteiger partial charge in [0.25, 0.3) is 0 Å². The third-order valence-corrected chi connectivity index (χ3v) is 3.32. The van der Waals surface area contributed by atoms with Crippen molar-refractivity contribution in [2.75, 3.05) is 0 Å². The number of aromatic nitrogens is 1. The summed E-state index contributed by atoms with van der Waals surface area (Å²) in [5.74, 6) is 1.65. The smallest absolute Gasteiger partial charge is 0.145 e. The van der Waals surface area contributed by atoms with Crippen molar-refractivity contribution in [2.24, 2.45) is 5.73 Å². The molecule has 0 fully saturated rings. The fourth-order valence-corrected chi connectivity index (χ4v) is 1.92. The van der Waals surface area contributed by atoms with Gasteiger partial charge in [-0.3, -0.25) is 4.98 Å². The fraction of sp³-hybridized carbons (Fsp3) is 0.312. The number of rotatable bonds is 3. The molecule has 1 heterocycles. The largest absolute Gasteiger partial charge is 0.455 e. The van der Waals surface area contributed by atoms with Gasteiger partial charge in [0, 0.05) is 6.04 Å². The van der Waals surface area contributed by atoms with Gasteiger partial charge in [0.15, 0.2) is 0 Å². The minimum atomic E-state index is -0.0588. The third kappa shape index (κ3) is 2.93. The molecule has 2 N–H and O–H groups in total. The van der Waals surface area contributed by atoms with Crippen LogP contribution in [-0.2, 0) is 0 Å². The van der Waals surface area contributed by atoms with Crippen LogP contribution < -0.4 is 10.5 Å². The summed E-state index contributed by atoms with van der Waals surface area (Å²) in [6.07, 6.45) is 1.72. The van der Waals surface area contributed by atoms with Gasteiger partial charge in [-0.2, -0.15) is 0 Å². The molecule has 1 atom stereocenters. The molecule has 0 aliphatic heterocycles. The predicted octanol–water partition coefficient (Wildman–Crippen LogP) is 3.82. The number of aryl methyl sites for hydroxylation is 2. The molecular formula is C16H20N2O. The van der Waals surface area contributed by atoms with Crippen LogP contribution in [0.15, 0.2) is 30.5 Å². The number of nitrogens with zero attached hydrogens (tertiary/aromatic N) is 1. The summed E-state index contributed by atoms with van der Waals surface area (Å²) in [7, 11) is 0. The summed E-state index contributed by atoms with van der Waals surface area (Å²) in [5.41, 5.74) is 10.2. The van der Waals surface area contributed by atoms with E-state index in [9.17, 15) is 0 Å². The van der Waals surface area contributed by atoms with Gasteiger partial charge < -0.3 is 10.5 Å². The van der Waals surface area contributed by atoms with Gasteiger partial charge in [-0.25, -0.2) is 0 Å². The molecule has 3 nitrogen and oxygen atoms in total. The van der Waals surface area contributed by atoms with E-state index in [1.807, 2.05) is 26.0 Å². The van der Waals surface area contributed by atoms with Crippen molar-refractivity contribution in [1.29, 1.82) is 0 Å². The SMILES string of the molecule is Cc1ccc(C)c(Oc2ccc(C(C)N)nc2)c1C. The zero-order valence-corrected chi connectivity index (χ0v) is 11.9. The van der Waals surface area contributed by atoms with Crippen molar-refractivity contribution in [3.8, 4) is 11.5 Å². The Bertz CT molecular complexity index is 574. The van der Waals surface area contributed by atoms with E-state index in [0.717, 1.165) is 28.3 Å². The summed E-state index contributed by atoms with van der Waals surface area (Å²) < 4.78 is 5.95. The highest BCUT2D eigenvalue weighted by Gasteiger charge is 2.08. The van der Waals surface area contributed by atoms with Crippen LogP contribution in [-0.4, -0.2) is 4.98 Å². The number of benzene rings is 1. The van der Waals surface area contributed by atoms with Gasteiger partial charge >= 0.3 is 0 Å². The maximum Gasteiger partial charge on any atom is 0.145 e. The first kappa shape index (κ1) is 13.6. The second kappa shape index (κ2) is 5.41. The number of hydrogen-bond donors (Lipinski definition) is 1. The highest BCUT2D eigenvalue weighted by atomic mass is 16.5. The predicted molar refractivity (Wildman–Crippen MR) is 77.6 cm³/mol. The Morgan fingerprint density at radius 2 is 1.74 bits per heavy atom. The monoisotopic (exact) mass is 256 g/mol. The molecule has 0 radical (unpaired) electrons. The van der Waals surface area contributed by atoms with Crippen molar-refractivity contribution >= 4 is 0 Å². The lowest BCUT2D eigenvalue weighted by Gasteiger charge is -2.14. The van der Waals surface area contributed by atoms with Crippen LogP contribution in [0.2, 0.25) is 0 Å². The van der Waals surface area contributed by atoms with E-state index >= 15 is 0 Å². The number of ether oxygens (including phenoxy) is 1. The summed E-state index contributed by atoms with van der Waals surface area (Å²) in [4.78, 5) is 4.31. The van der Waals surface area contributed by atoms with E-state index in [4.69, 9.17) is 10.5 Å². The molecule has 0 amide bonds. The van der Waals surface area contributed by atoms with E-state index in [0.29, 0.717) is 0 Å². The van der Waals surface area contributed by atoms with Crippen molar-refractivity contribution in [3.63, 3.8) is 0 Å². The van der Waals surface area contributed by atoms with Crippen LogP contribution in [0, 0.1) is 20.8 Å². The highest BCUT2D eigenvalue weighted by Crippen LogP contribution is 2.30. The topological polar surface area (TPSA) is 48.1 Å². The standard InChI is InChI=1S/C16H20N2O/c1-10-5-6-11(2)16(12(10)3)19-14-7-8-15(13(4)17)18-9-14/h5-9,13H,17H2,1-4H3. The zero-order valence-electron chi connectivity index (χ0n) is 11.9. The zero-order chi connectivity index (χ0) is 14.0. The lowest BCUT2D eigenvalue weighted by atomic mass is 10.1. The second-order valence-corrected chi connectivity index (χ2v) is 4.96. The Morgan fingerprint density at radius 3 is 2.32 bits per heavy atom. The summed E-state index contributed by atoms with van der Waals surface area (Å²) >= 11 is 0. The van der Waals surface area contributed by atoms with E-state index in [2.05, 4.69) is 31.0 Å². The molecule has 19 heavy (non-hydrogen) atoms. The minimum Gasteiger partial charge on any atom is -0.455 e. The molecule has 0 spiro atoms. The van der Waals surface area contributed by atoms with Crippen molar-refractivity contribution in [3.05, 3.63) is 52.8 Å². The molecule has 0 aliphatic carbocycles. The van der Waals surface area contributed by atoms with Crippen molar-refractivity contribution in [2.45, 2.75) is 33.7 Å². The molecular weight excluding hydrogens is 236 g/mol. The summed E-state index contributed by atoms with van der Waals surface area (Å²) in [5, 5.41) is 0. The molecule has 2 aromatic rings. The molecule has 3 heteroatoms. The number of pyridine rings is 1. The summed E-state index contributed by atoms with van der Waals surface area (Å²) in [6.45, 7) is 8.11. The minimum absolute atomic E-state index is 0.0588. The van der Waals surface area contributed by atoms with Crippen molar-refractivity contribution in [1.82, 2.24) is 4.98 Å². The van der Waals surface area contributed by atoms with Crippen LogP contribution in [0.25, 0.3) is 0 Å². The average molecular weight is 256 g/mol. The second-order valence-electron chi connectivity index (χ2n) is 4.96. The quantitative estimate of drug-likeness (QED) is 0.908. The van der Waals surface area contributed by atoms with Crippen molar-refractivity contribution < 1.29 is 4.74 Å². The Balaban J connectivity index is 2.29. The first-order valence-corrected chi connectivity index (χ1v) is 6.45. The Kier molecular flexibility index (Phi) is 3.86. The van der Waals surface area contributed by atoms with Gasteiger partial charge in [0.1, 0.15) is 11.5 Å². The van der Waals surface area contributed by atoms with Crippen LogP contribution in [0.3, 0.4) is 0 Å². The van der Waals surface area contributed by atoms with Gasteiger partial charge in [0.05, 0.1) is 11.9 Å². The molecule has 2 rings (SSSR count). The van der Waals surface area contributed by atoms with E-state index < -0.39 is 0 Å². The van der Waals surface area contributed by atoms with Gasteiger partial charge in [-0.15, -0.1) is 0 Å². The maximum absolute atomic E-state index is 5.95. The van der Waals surface area contributed by atoms with E-state index in [1.165, 1.54) is 5.56 Å². The number of nitrogens with two attached hydrogens (primary N) is 1. The molecule has 1 aromatic carbocycles. The van der Waals surface area contributed by atoms with Crippen LogP contribution in [0.4, 0.5) is 0 Å². The molecule has 0 saturated heterocycles. The van der Waals surface area contributed by atoms with Crippen LogP contribution in [0.5, 0.6) is 11.5 Å². The fourth-order valence-electron chi connectivity index (χ4n) is 1.92. The molecule has 1 aromatic heterocycles. The van der Waals surface area contributed by atoms with E-state index in [-0.39, 0.29) is 6.04 Å². The third-order valence-electron chi connectivity index (χ3n) is 3.32. The Labute approximate surface area is 114 Å². The lowest BCUT2D eigenvalue weighted by Crippen LogP contribution is -2.06. The van der Waals surface area contributed by atoms with Crippen LogP contribution in [0.1, 0.15) is 35.3 Å². The van der Waals surface area contributed by atoms with Gasteiger partial charge in [-0.1, -0.05) is 12.1 Å². The van der Waals surface area contributed by atoms with Crippen LogP contribution >= 0.6 is 0 Å². The first-order valence-electron chi connectivity index (χ1n) is 6.45.